The number of aromatic nitrogens is 4. The number of aryl methyl sites for hydroxylation is 1. The van der Waals surface area contributed by atoms with Gasteiger partial charge in [-0.15, -0.1) is 0 Å². The average molecular weight is 456 g/mol. The molecule has 4 aromatic rings. The van der Waals surface area contributed by atoms with E-state index in [0.717, 1.165) is 53.4 Å². The van der Waals surface area contributed by atoms with Crippen LogP contribution in [-0.2, 0) is 0 Å². The van der Waals surface area contributed by atoms with Gasteiger partial charge < -0.3 is 21.4 Å². The summed E-state index contributed by atoms with van der Waals surface area (Å²) in [6, 6.07) is 11.7. The Kier molecular flexibility index (Phi) is 5.65. The highest BCUT2D eigenvalue weighted by Crippen LogP contribution is 2.32. The minimum atomic E-state index is -0.347. The van der Waals surface area contributed by atoms with Crippen LogP contribution in [0.3, 0.4) is 0 Å². The van der Waals surface area contributed by atoms with E-state index in [-0.39, 0.29) is 17.5 Å². The van der Waals surface area contributed by atoms with E-state index in [0.29, 0.717) is 17.3 Å². The summed E-state index contributed by atoms with van der Waals surface area (Å²) >= 11 is 0. The van der Waals surface area contributed by atoms with Crippen LogP contribution in [0.5, 0.6) is 0 Å². The molecule has 1 aromatic carbocycles. The summed E-state index contributed by atoms with van der Waals surface area (Å²) in [6.07, 6.45) is 9.03. The minimum absolute atomic E-state index is 0.150. The third-order valence-electron chi connectivity index (χ3n) is 6.56. The maximum Gasteiger partial charge on any atom is 0.270 e. The number of hydrogen-bond acceptors (Lipinski definition) is 6. The second-order valence-corrected chi connectivity index (χ2v) is 9.40. The van der Waals surface area contributed by atoms with Crippen molar-refractivity contribution in [3.8, 4) is 11.3 Å². The molecule has 1 aliphatic rings. The summed E-state index contributed by atoms with van der Waals surface area (Å²) in [7, 11) is 0. The average Bonchev–Trinajstić information content (AvgIpc) is 3.24. The molecule has 8 nitrogen and oxygen atoms in total. The number of amides is 1. The first-order chi connectivity index (χ1) is 16.4. The molecule has 0 saturated heterocycles. The molecule has 1 aliphatic carbocycles. The van der Waals surface area contributed by atoms with Gasteiger partial charge in [-0.2, -0.15) is 0 Å². The lowest BCUT2D eigenvalue weighted by Gasteiger charge is -2.39. The lowest BCUT2D eigenvalue weighted by atomic mass is 9.80. The molecule has 174 valence electrons. The van der Waals surface area contributed by atoms with Crippen molar-refractivity contribution in [2.75, 3.05) is 11.1 Å². The van der Waals surface area contributed by atoms with Crippen molar-refractivity contribution in [1.82, 2.24) is 25.3 Å². The minimum Gasteiger partial charge on any atom is -0.397 e. The number of rotatable bonds is 5. The quantitative estimate of drug-likeness (QED) is 0.353. The van der Waals surface area contributed by atoms with E-state index in [1.54, 1.807) is 12.1 Å². The van der Waals surface area contributed by atoms with Crippen LogP contribution in [0.15, 0.2) is 55.0 Å². The number of benzene rings is 1. The molecule has 0 unspecified atom stereocenters. The van der Waals surface area contributed by atoms with Gasteiger partial charge in [0.25, 0.3) is 5.91 Å². The van der Waals surface area contributed by atoms with Gasteiger partial charge in [0, 0.05) is 40.4 Å². The Hall–Kier alpha value is -3.94. The monoisotopic (exact) mass is 455 g/mol. The van der Waals surface area contributed by atoms with E-state index in [1.807, 2.05) is 31.5 Å². The molecule has 5 rings (SSSR count). The first kappa shape index (κ1) is 21.9. The summed E-state index contributed by atoms with van der Waals surface area (Å²) in [6.45, 7) is 4.11. The molecule has 1 saturated carbocycles. The fourth-order valence-corrected chi connectivity index (χ4v) is 4.84. The van der Waals surface area contributed by atoms with Gasteiger partial charge in [-0.05, 0) is 63.3 Å². The summed E-state index contributed by atoms with van der Waals surface area (Å²) in [4.78, 5) is 29.6. The molecule has 0 radical (unpaired) electrons. The zero-order chi connectivity index (χ0) is 23.7. The van der Waals surface area contributed by atoms with Crippen molar-refractivity contribution in [1.29, 1.82) is 0 Å². The molecule has 34 heavy (non-hydrogen) atoms. The molecule has 1 fully saturated rings. The van der Waals surface area contributed by atoms with Crippen LogP contribution in [-0.4, -0.2) is 37.4 Å². The molecule has 2 atom stereocenters. The van der Waals surface area contributed by atoms with E-state index >= 15 is 0 Å². The van der Waals surface area contributed by atoms with Crippen molar-refractivity contribution >= 4 is 28.4 Å². The van der Waals surface area contributed by atoms with E-state index in [2.05, 4.69) is 44.6 Å². The van der Waals surface area contributed by atoms with Gasteiger partial charge in [0.2, 0.25) is 5.95 Å². The zero-order valence-electron chi connectivity index (χ0n) is 19.4. The predicted molar refractivity (Wildman–Crippen MR) is 134 cm³/mol. The number of hydrogen-bond donors (Lipinski definition) is 4. The Bertz CT molecular complexity index is 1330. The van der Waals surface area contributed by atoms with Crippen LogP contribution in [0.4, 0.5) is 11.6 Å². The molecule has 1 amide bonds. The number of nitrogens with two attached hydrogens (primary N) is 1. The van der Waals surface area contributed by atoms with Crippen LogP contribution >= 0.6 is 0 Å². The Morgan fingerprint density at radius 1 is 1.18 bits per heavy atom. The molecule has 5 N–H and O–H groups in total. The van der Waals surface area contributed by atoms with Gasteiger partial charge in [-0.25, -0.2) is 15.0 Å². The number of para-hydroxylation sites is 1. The lowest BCUT2D eigenvalue weighted by Crippen LogP contribution is -2.51. The van der Waals surface area contributed by atoms with Gasteiger partial charge in [0.05, 0.1) is 17.6 Å². The maximum absolute atomic E-state index is 12.8. The highest BCUT2D eigenvalue weighted by atomic mass is 16.2. The van der Waals surface area contributed by atoms with Crippen molar-refractivity contribution in [2.24, 2.45) is 0 Å². The van der Waals surface area contributed by atoms with Crippen LogP contribution in [0.1, 0.15) is 48.7 Å². The number of nitrogen functional groups attached to an aromatic ring is 1. The van der Waals surface area contributed by atoms with E-state index in [9.17, 15) is 4.79 Å². The number of anilines is 2. The number of nitrogens with one attached hydrogen (secondary N) is 3. The maximum atomic E-state index is 12.8. The van der Waals surface area contributed by atoms with Crippen molar-refractivity contribution in [3.63, 3.8) is 0 Å². The largest absolute Gasteiger partial charge is 0.397 e. The van der Waals surface area contributed by atoms with Crippen molar-refractivity contribution in [2.45, 2.75) is 51.1 Å². The fourth-order valence-electron chi connectivity index (χ4n) is 4.84. The molecule has 0 spiro atoms. The Morgan fingerprint density at radius 3 is 2.85 bits per heavy atom. The summed E-state index contributed by atoms with van der Waals surface area (Å²) in [5, 5.41) is 7.84. The van der Waals surface area contributed by atoms with Crippen LogP contribution in [0, 0.1) is 6.92 Å². The standard InChI is InChI=1S/C26H29N7O/c1-16-13-30-25(32-23(16)20-15-29-21-8-4-3-7-19(20)21)31-18-6-5-11-26(2,12-18)33-24(34)22-10-9-17(27)14-28-22/h3-4,7-10,13-15,18,29H,5-6,11-12,27H2,1-2H3,(H,33,34)(H,30,31,32)/t18-,26+/m1/s1. The third-order valence-corrected chi connectivity index (χ3v) is 6.56. The van der Waals surface area contributed by atoms with Gasteiger partial charge >= 0.3 is 0 Å². The molecule has 8 heteroatoms. The number of nitrogens with zero attached hydrogens (tertiary/aromatic N) is 3. The van der Waals surface area contributed by atoms with E-state index in [1.165, 1.54) is 6.20 Å². The highest BCUT2D eigenvalue weighted by Gasteiger charge is 2.34. The Morgan fingerprint density at radius 2 is 2.03 bits per heavy atom. The van der Waals surface area contributed by atoms with Crippen LogP contribution < -0.4 is 16.4 Å². The molecule has 3 aromatic heterocycles. The van der Waals surface area contributed by atoms with Gasteiger partial charge in [0.1, 0.15) is 5.69 Å². The third kappa shape index (κ3) is 4.44. The number of fused-ring (bicyclic) bond motifs is 1. The van der Waals surface area contributed by atoms with Gasteiger partial charge in [-0.3, -0.25) is 4.79 Å². The summed E-state index contributed by atoms with van der Waals surface area (Å²) in [5.41, 5.74) is 10.3. The number of carbonyl (C=O) groups excluding carboxylic acids is 1. The predicted octanol–water partition coefficient (Wildman–Crippen LogP) is 4.45. The molecule has 0 bridgehead atoms. The molecule has 3 heterocycles. The first-order valence-electron chi connectivity index (χ1n) is 11.6. The summed E-state index contributed by atoms with van der Waals surface area (Å²) in [5.74, 6) is 0.419. The molecule has 0 aliphatic heterocycles. The van der Waals surface area contributed by atoms with Crippen molar-refractivity contribution in [3.05, 3.63) is 66.2 Å². The fraction of sp³-hybridized carbons (Fsp3) is 0.308. The number of pyridine rings is 1. The van der Waals surface area contributed by atoms with E-state index in [4.69, 9.17) is 10.7 Å². The SMILES string of the molecule is Cc1cnc(N[C@@H]2CCC[C@](C)(NC(=O)c3ccc(N)cn3)C2)nc1-c1c[nH]c2ccccc12. The Balaban J connectivity index is 1.32. The van der Waals surface area contributed by atoms with Gasteiger partial charge in [0.15, 0.2) is 0 Å². The van der Waals surface area contributed by atoms with Crippen LogP contribution in [0.25, 0.3) is 22.2 Å². The number of H-pyrrole nitrogens is 1. The molecular formula is C26H29N7O. The lowest BCUT2D eigenvalue weighted by molar-refractivity contribution is 0.0874. The molecular weight excluding hydrogens is 426 g/mol. The second-order valence-electron chi connectivity index (χ2n) is 9.40. The van der Waals surface area contributed by atoms with E-state index < -0.39 is 0 Å². The first-order valence-corrected chi connectivity index (χ1v) is 11.6. The topological polar surface area (TPSA) is 122 Å². The Labute approximate surface area is 198 Å². The zero-order valence-corrected chi connectivity index (χ0v) is 19.4. The second kappa shape index (κ2) is 8.78. The normalized spacial score (nSPS) is 20.2. The van der Waals surface area contributed by atoms with Crippen LogP contribution in [0.2, 0.25) is 0 Å². The highest BCUT2D eigenvalue weighted by molar-refractivity contribution is 5.95. The number of carbonyl (C=O) groups is 1. The smallest absolute Gasteiger partial charge is 0.270 e. The van der Waals surface area contributed by atoms with Gasteiger partial charge in [-0.1, -0.05) is 18.2 Å². The number of aromatic amines is 1. The van der Waals surface area contributed by atoms with Crippen molar-refractivity contribution < 1.29 is 4.79 Å². The summed E-state index contributed by atoms with van der Waals surface area (Å²) < 4.78 is 0.